The van der Waals surface area contributed by atoms with Crippen LogP contribution in [0.15, 0.2) is 64.6 Å². The zero-order chi connectivity index (χ0) is 24.0. The predicted molar refractivity (Wildman–Crippen MR) is 132 cm³/mol. The number of benzene rings is 2. The summed E-state index contributed by atoms with van der Waals surface area (Å²) in [6.07, 6.45) is 0. The summed E-state index contributed by atoms with van der Waals surface area (Å²) in [6.45, 7) is 9.29. The molecule has 1 heterocycles. The smallest absolute Gasteiger partial charge is 0.243 e. The number of rotatable bonds is 11. The van der Waals surface area contributed by atoms with Gasteiger partial charge in [-0.05, 0) is 18.1 Å². The molecule has 0 saturated heterocycles. The van der Waals surface area contributed by atoms with Gasteiger partial charge in [0.1, 0.15) is 0 Å². The molecule has 176 valence electrons. The van der Waals surface area contributed by atoms with Gasteiger partial charge in [-0.1, -0.05) is 81.9 Å². The van der Waals surface area contributed by atoms with Crippen LogP contribution in [0.5, 0.6) is 0 Å². The lowest BCUT2D eigenvalue weighted by atomic mass is 10.2. The lowest BCUT2D eigenvalue weighted by Gasteiger charge is -2.19. The molecule has 33 heavy (non-hydrogen) atoms. The number of aromatic nitrogens is 3. The van der Waals surface area contributed by atoms with Crippen LogP contribution in [0.25, 0.3) is 11.4 Å². The zero-order valence-electron chi connectivity index (χ0n) is 19.4. The minimum atomic E-state index is -3.59. The van der Waals surface area contributed by atoms with Gasteiger partial charge in [0.25, 0.3) is 0 Å². The number of nitrogens with zero attached hydrogens (tertiary/aromatic N) is 4. The molecule has 0 saturated carbocycles. The summed E-state index contributed by atoms with van der Waals surface area (Å²) in [5, 5.41) is 9.34. The van der Waals surface area contributed by atoms with E-state index in [9.17, 15) is 13.2 Å². The molecule has 0 unspecified atom stereocenters. The van der Waals surface area contributed by atoms with E-state index in [-0.39, 0.29) is 16.4 Å². The highest BCUT2D eigenvalue weighted by Gasteiger charge is 2.23. The quantitative estimate of drug-likeness (QED) is 0.291. The summed E-state index contributed by atoms with van der Waals surface area (Å²) < 4.78 is 29.4. The summed E-state index contributed by atoms with van der Waals surface area (Å²) in [5.41, 5.74) is 1.34. The molecule has 0 aliphatic heterocycles. The van der Waals surface area contributed by atoms with Crippen molar-refractivity contribution < 1.29 is 13.2 Å². The van der Waals surface area contributed by atoms with E-state index < -0.39 is 10.0 Å². The van der Waals surface area contributed by atoms with Crippen molar-refractivity contribution in [2.45, 2.75) is 44.3 Å². The van der Waals surface area contributed by atoms with Gasteiger partial charge < -0.3 is 4.57 Å². The SMILES string of the molecule is CCN(CC)S(=O)(=O)c1cccc(-c2nnc(SCC(=O)c3ccccc3)n2CC(C)C)c1. The van der Waals surface area contributed by atoms with Gasteiger partial charge in [-0.2, -0.15) is 4.31 Å². The maximum atomic E-state index is 13.0. The number of ketones is 1. The molecule has 0 amide bonds. The minimum absolute atomic E-state index is 0.0218. The Kier molecular flexibility index (Phi) is 8.45. The van der Waals surface area contributed by atoms with Crippen LogP contribution in [0.3, 0.4) is 0 Å². The van der Waals surface area contributed by atoms with Crippen molar-refractivity contribution >= 4 is 27.6 Å². The zero-order valence-corrected chi connectivity index (χ0v) is 21.1. The molecule has 1 aromatic heterocycles. The lowest BCUT2D eigenvalue weighted by molar-refractivity contribution is 0.102. The Bertz CT molecular complexity index is 1190. The second-order valence-corrected chi connectivity index (χ2v) is 10.9. The van der Waals surface area contributed by atoms with E-state index >= 15 is 0 Å². The second-order valence-electron chi connectivity index (χ2n) is 8.01. The van der Waals surface area contributed by atoms with Gasteiger partial charge in [-0.3, -0.25) is 4.79 Å². The van der Waals surface area contributed by atoms with Gasteiger partial charge in [0.15, 0.2) is 16.8 Å². The van der Waals surface area contributed by atoms with Gasteiger partial charge in [0.2, 0.25) is 10.0 Å². The topological polar surface area (TPSA) is 85.2 Å². The molecule has 9 heteroatoms. The Labute approximate surface area is 200 Å². The van der Waals surface area contributed by atoms with E-state index in [0.717, 1.165) is 0 Å². The second kappa shape index (κ2) is 11.1. The van der Waals surface area contributed by atoms with Crippen molar-refractivity contribution in [3.63, 3.8) is 0 Å². The largest absolute Gasteiger partial charge is 0.302 e. The maximum Gasteiger partial charge on any atom is 0.243 e. The third-order valence-electron chi connectivity index (χ3n) is 5.13. The van der Waals surface area contributed by atoms with Crippen LogP contribution in [0.1, 0.15) is 38.1 Å². The molecule has 0 bridgehead atoms. The van der Waals surface area contributed by atoms with E-state index in [1.807, 2.05) is 42.7 Å². The Balaban J connectivity index is 1.92. The highest BCUT2D eigenvalue weighted by atomic mass is 32.2. The maximum absolute atomic E-state index is 13.0. The van der Waals surface area contributed by atoms with E-state index in [1.165, 1.54) is 16.1 Å². The fraction of sp³-hybridized carbons (Fsp3) is 0.375. The molecule has 0 aliphatic carbocycles. The molecule has 0 atom stereocenters. The Morgan fingerprint density at radius 1 is 1.03 bits per heavy atom. The average molecular weight is 487 g/mol. The summed E-state index contributed by atoms with van der Waals surface area (Å²) in [6, 6.07) is 16.0. The fourth-order valence-electron chi connectivity index (χ4n) is 3.48. The molecule has 0 N–H and O–H groups in total. The first kappa shape index (κ1) is 25.1. The normalized spacial score (nSPS) is 11.9. The van der Waals surface area contributed by atoms with Crippen molar-refractivity contribution in [1.29, 1.82) is 0 Å². The molecular formula is C24H30N4O3S2. The highest BCUT2D eigenvalue weighted by molar-refractivity contribution is 7.99. The van der Waals surface area contributed by atoms with Gasteiger partial charge >= 0.3 is 0 Å². The summed E-state index contributed by atoms with van der Waals surface area (Å²) in [4.78, 5) is 12.8. The monoisotopic (exact) mass is 486 g/mol. The van der Waals surface area contributed by atoms with Crippen LogP contribution in [0, 0.1) is 5.92 Å². The number of hydrogen-bond donors (Lipinski definition) is 0. The Hall–Kier alpha value is -2.49. The molecule has 7 nitrogen and oxygen atoms in total. The number of Topliss-reactive ketones (excluding diaryl/α,β-unsaturated/α-hetero) is 1. The number of carbonyl (C=O) groups excluding carboxylic acids is 1. The van der Waals surface area contributed by atoms with Crippen molar-refractivity contribution in [1.82, 2.24) is 19.1 Å². The number of carbonyl (C=O) groups is 1. The van der Waals surface area contributed by atoms with Gasteiger partial charge in [-0.15, -0.1) is 10.2 Å². The molecule has 0 fully saturated rings. The number of sulfonamides is 1. The van der Waals surface area contributed by atoms with Crippen LogP contribution >= 0.6 is 11.8 Å². The number of hydrogen-bond acceptors (Lipinski definition) is 6. The van der Waals surface area contributed by atoms with Crippen LogP contribution < -0.4 is 0 Å². The van der Waals surface area contributed by atoms with E-state index in [4.69, 9.17) is 0 Å². The number of thioether (sulfide) groups is 1. The van der Waals surface area contributed by atoms with Gasteiger partial charge in [0.05, 0.1) is 10.6 Å². The summed E-state index contributed by atoms with van der Waals surface area (Å²) in [7, 11) is -3.59. The van der Waals surface area contributed by atoms with E-state index in [0.29, 0.717) is 47.7 Å². The molecule has 2 aromatic carbocycles. The van der Waals surface area contributed by atoms with Gasteiger partial charge in [-0.25, -0.2) is 8.42 Å². The third kappa shape index (κ3) is 5.90. The molecule has 0 radical (unpaired) electrons. The van der Waals surface area contributed by atoms with Gasteiger partial charge in [0, 0.05) is 30.8 Å². The fourth-order valence-corrected chi connectivity index (χ4v) is 5.83. The van der Waals surface area contributed by atoms with E-state index in [1.54, 1.807) is 30.3 Å². The molecule has 3 rings (SSSR count). The van der Waals surface area contributed by atoms with Crippen LogP contribution in [-0.4, -0.2) is 52.1 Å². The van der Waals surface area contributed by atoms with Crippen LogP contribution in [-0.2, 0) is 16.6 Å². The van der Waals surface area contributed by atoms with Crippen molar-refractivity contribution in [3.05, 3.63) is 60.2 Å². The van der Waals surface area contributed by atoms with Crippen molar-refractivity contribution in [2.24, 2.45) is 5.92 Å². The predicted octanol–water partition coefficient (Wildman–Crippen LogP) is 4.61. The standard InChI is InChI=1S/C24H30N4O3S2/c1-5-27(6-2)33(30,31)21-14-10-13-20(15-21)23-25-26-24(28(23)16-18(3)4)32-17-22(29)19-11-8-7-9-12-19/h7-15,18H,5-6,16-17H2,1-4H3. The average Bonchev–Trinajstić information content (AvgIpc) is 3.20. The first-order valence-electron chi connectivity index (χ1n) is 11.0. The minimum Gasteiger partial charge on any atom is -0.302 e. The van der Waals surface area contributed by atoms with Crippen LogP contribution in [0.2, 0.25) is 0 Å². The molecule has 3 aromatic rings. The Morgan fingerprint density at radius 3 is 2.36 bits per heavy atom. The van der Waals surface area contributed by atoms with Crippen molar-refractivity contribution in [3.8, 4) is 11.4 Å². The third-order valence-corrected chi connectivity index (χ3v) is 8.14. The first-order chi connectivity index (χ1) is 15.8. The summed E-state index contributed by atoms with van der Waals surface area (Å²) >= 11 is 1.34. The van der Waals surface area contributed by atoms with Crippen molar-refractivity contribution in [2.75, 3.05) is 18.8 Å². The summed E-state index contributed by atoms with van der Waals surface area (Å²) in [5.74, 6) is 1.17. The molecular weight excluding hydrogens is 456 g/mol. The Morgan fingerprint density at radius 2 is 1.73 bits per heavy atom. The lowest BCUT2D eigenvalue weighted by Crippen LogP contribution is -2.30. The highest BCUT2D eigenvalue weighted by Crippen LogP contribution is 2.28. The molecule has 0 aliphatic rings. The first-order valence-corrected chi connectivity index (χ1v) is 13.4. The van der Waals surface area contributed by atoms with E-state index in [2.05, 4.69) is 24.0 Å². The molecule has 0 spiro atoms. The van der Waals surface area contributed by atoms with Crippen LogP contribution in [0.4, 0.5) is 0 Å².